The van der Waals surface area contributed by atoms with Gasteiger partial charge in [-0.15, -0.1) is 0 Å². The molecule has 2 saturated heterocycles. The first kappa shape index (κ1) is 20.8. The van der Waals surface area contributed by atoms with Crippen LogP contribution in [0.25, 0.3) is 0 Å². The highest BCUT2D eigenvalue weighted by Gasteiger charge is 2.57. The minimum atomic E-state index is -5.00. The molecule has 1 spiro atoms. The van der Waals surface area contributed by atoms with Crippen molar-refractivity contribution in [2.24, 2.45) is 5.41 Å². The molecule has 0 aromatic heterocycles. The van der Waals surface area contributed by atoms with E-state index in [1.807, 2.05) is 0 Å². The monoisotopic (exact) mass is 424 g/mol. The van der Waals surface area contributed by atoms with E-state index in [-0.39, 0.29) is 32.2 Å². The summed E-state index contributed by atoms with van der Waals surface area (Å²) in [5.74, 6) is -1.17. The lowest BCUT2D eigenvalue weighted by atomic mass is 9.75. The van der Waals surface area contributed by atoms with E-state index in [4.69, 9.17) is 4.74 Å². The fraction of sp³-hybridized carbons (Fsp3) is 0.588. The van der Waals surface area contributed by atoms with Gasteiger partial charge in [-0.3, -0.25) is 0 Å². The Hall–Kier alpha value is -1.88. The van der Waals surface area contributed by atoms with Crippen molar-refractivity contribution >= 4 is 16.1 Å². The average molecular weight is 424 g/mol. The zero-order valence-electron chi connectivity index (χ0n) is 15.5. The van der Waals surface area contributed by atoms with Gasteiger partial charge >= 0.3 is 12.3 Å². The van der Waals surface area contributed by atoms with Crippen LogP contribution in [0, 0.1) is 11.2 Å². The fourth-order valence-corrected chi connectivity index (χ4v) is 5.24. The van der Waals surface area contributed by atoms with Gasteiger partial charge in [-0.25, -0.2) is 17.6 Å². The molecule has 2 heterocycles. The van der Waals surface area contributed by atoms with Gasteiger partial charge in [0.2, 0.25) is 10.0 Å². The Balaban J connectivity index is 1.70. The molecule has 11 heteroatoms. The van der Waals surface area contributed by atoms with E-state index in [0.29, 0.717) is 12.1 Å². The van der Waals surface area contributed by atoms with Crippen molar-refractivity contribution in [3.8, 4) is 0 Å². The van der Waals surface area contributed by atoms with E-state index < -0.39 is 49.6 Å². The summed E-state index contributed by atoms with van der Waals surface area (Å²) in [5, 5.41) is 0. The van der Waals surface area contributed by atoms with Crippen LogP contribution in [-0.4, -0.2) is 55.5 Å². The molecule has 0 N–H and O–H groups in total. The number of hydrogen-bond donors (Lipinski definition) is 0. The number of hydrogen-bond acceptors (Lipinski definition) is 4. The van der Waals surface area contributed by atoms with Crippen LogP contribution < -0.4 is 0 Å². The molecule has 156 valence electrons. The second-order valence-corrected chi connectivity index (χ2v) is 10.2. The Bertz CT molecular complexity index is 895. The van der Waals surface area contributed by atoms with Gasteiger partial charge in [0.1, 0.15) is 11.4 Å². The quantitative estimate of drug-likeness (QED) is 0.685. The van der Waals surface area contributed by atoms with Crippen molar-refractivity contribution in [3.63, 3.8) is 0 Å². The number of halogens is 4. The van der Waals surface area contributed by atoms with Crippen molar-refractivity contribution in [3.05, 3.63) is 29.6 Å². The number of carbonyl (C=O) groups excluding carboxylic acids is 1. The Morgan fingerprint density at radius 1 is 1.11 bits per heavy atom. The fourth-order valence-electron chi connectivity index (χ4n) is 3.38. The van der Waals surface area contributed by atoms with E-state index in [1.54, 1.807) is 20.8 Å². The zero-order chi connectivity index (χ0) is 21.1. The summed E-state index contributed by atoms with van der Waals surface area (Å²) < 4.78 is 84.0. The number of amides is 1. The predicted octanol–water partition coefficient (Wildman–Crippen LogP) is 3.09. The summed E-state index contributed by atoms with van der Waals surface area (Å²) in [4.78, 5) is 12.4. The summed E-state index contributed by atoms with van der Waals surface area (Å²) in [6, 6.07) is 1.49. The molecule has 1 amide bonds. The Labute approximate surface area is 160 Å². The maximum atomic E-state index is 13.2. The molecular formula is C17H20F4N2O4S. The summed E-state index contributed by atoms with van der Waals surface area (Å²) in [5.41, 5.74) is -2.68. The molecular weight excluding hydrogens is 404 g/mol. The number of benzene rings is 1. The Morgan fingerprint density at radius 3 is 2.18 bits per heavy atom. The lowest BCUT2D eigenvalue weighted by molar-refractivity contribution is -0.140. The van der Waals surface area contributed by atoms with Crippen LogP contribution in [0.15, 0.2) is 23.1 Å². The molecule has 1 aromatic rings. The van der Waals surface area contributed by atoms with Crippen LogP contribution in [0.4, 0.5) is 22.4 Å². The number of likely N-dealkylation sites (tertiary alicyclic amines) is 1. The van der Waals surface area contributed by atoms with Crippen LogP contribution in [0.3, 0.4) is 0 Å². The molecule has 3 rings (SSSR count). The van der Waals surface area contributed by atoms with Crippen molar-refractivity contribution < 1.29 is 35.5 Å². The SMILES string of the molecule is CC(C)(C)OC(=O)N1CC2(C1)CN(S(=O)(=O)c1ccc(F)cc1C(F)(F)F)C2. The first-order valence-electron chi connectivity index (χ1n) is 8.48. The standard InChI is InChI=1S/C17H20F4N2O4S/c1-15(2,3)27-14(24)22-7-16(8-22)9-23(10-16)28(25,26)13-5-4-11(18)6-12(13)17(19,20)21/h4-6H,7-10H2,1-3H3. The molecule has 0 radical (unpaired) electrons. The van der Waals surface area contributed by atoms with Crippen molar-refractivity contribution in [1.29, 1.82) is 0 Å². The molecule has 2 aliphatic rings. The van der Waals surface area contributed by atoms with Gasteiger partial charge in [0.25, 0.3) is 0 Å². The third-order valence-electron chi connectivity index (χ3n) is 4.59. The molecule has 0 unspecified atom stereocenters. The Morgan fingerprint density at radius 2 is 1.68 bits per heavy atom. The van der Waals surface area contributed by atoms with Crippen LogP contribution in [0.1, 0.15) is 26.3 Å². The second kappa shape index (κ2) is 6.31. The average Bonchev–Trinajstić information content (AvgIpc) is 2.40. The number of rotatable bonds is 2. The molecule has 0 bridgehead atoms. The maximum Gasteiger partial charge on any atom is 0.417 e. The molecule has 0 atom stereocenters. The molecule has 1 aromatic carbocycles. The Kier molecular flexibility index (Phi) is 4.70. The summed E-state index contributed by atoms with van der Waals surface area (Å²) in [7, 11) is -4.43. The molecule has 0 aliphatic carbocycles. The minimum Gasteiger partial charge on any atom is -0.444 e. The van der Waals surface area contributed by atoms with Gasteiger partial charge in [-0.1, -0.05) is 0 Å². The van der Waals surface area contributed by atoms with Crippen molar-refractivity contribution in [2.45, 2.75) is 37.4 Å². The van der Waals surface area contributed by atoms with E-state index >= 15 is 0 Å². The van der Waals surface area contributed by atoms with Crippen molar-refractivity contribution in [2.75, 3.05) is 26.2 Å². The highest BCUT2D eigenvalue weighted by Crippen LogP contribution is 2.44. The number of nitrogens with zero attached hydrogens (tertiary/aromatic N) is 2. The third-order valence-corrected chi connectivity index (χ3v) is 6.44. The van der Waals surface area contributed by atoms with Crippen molar-refractivity contribution in [1.82, 2.24) is 9.21 Å². The van der Waals surface area contributed by atoms with Crippen LogP contribution in [0.2, 0.25) is 0 Å². The molecule has 2 fully saturated rings. The number of alkyl halides is 3. The molecule has 28 heavy (non-hydrogen) atoms. The van der Waals surface area contributed by atoms with E-state index in [1.165, 1.54) is 4.90 Å². The molecule has 6 nitrogen and oxygen atoms in total. The van der Waals surface area contributed by atoms with Gasteiger partial charge in [-0.05, 0) is 39.0 Å². The largest absolute Gasteiger partial charge is 0.444 e. The lowest BCUT2D eigenvalue weighted by Gasteiger charge is -2.59. The summed E-state index contributed by atoms with van der Waals surface area (Å²) in [6.07, 6.45) is -5.52. The minimum absolute atomic E-state index is 0.0106. The van der Waals surface area contributed by atoms with Gasteiger partial charge in [-0.2, -0.15) is 17.5 Å². The van der Waals surface area contributed by atoms with Gasteiger partial charge in [0, 0.05) is 31.6 Å². The van der Waals surface area contributed by atoms with Crippen LogP contribution in [0.5, 0.6) is 0 Å². The normalized spacial score (nSPS) is 19.9. The smallest absolute Gasteiger partial charge is 0.417 e. The first-order valence-corrected chi connectivity index (χ1v) is 9.92. The predicted molar refractivity (Wildman–Crippen MR) is 90.4 cm³/mol. The second-order valence-electron chi connectivity index (χ2n) is 8.25. The van der Waals surface area contributed by atoms with Gasteiger partial charge < -0.3 is 9.64 Å². The van der Waals surface area contributed by atoms with E-state index in [9.17, 15) is 30.8 Å². The zero-order valence-corrected chi connectivity index (χ0v) is 16.3. The highest BCUT2D eigenvalue weighted by atomic mass is 32.2. The van der Waals surface area contributed by atoms with Gasteiger partial charge in [0.15, 0.2) is 0 Å². The van der Waals surface area contributed by atoms with E-state index in [0.717, 1.165) is 4.31 Å². The summed E-state index contributed by atoms with van der Waals surface area (Å²) >= 11 is 0. The number of carbonyl (C=O) groups is 1. The molecule has 2 aliphatic heterocycles. The van der Waals surface area contributed by atoms with Crippen LogP contribution in [-0.2, 0) is 20.9 Å². The number of sulfonamides is 1. The lowest BCUT2D eigenvalue weighted by Crippen LogP contribution is -2.73. The number of ether oxygens (including phenoxy) is 1. The third kappa shape index (κ3) is 3.82. The highest BCUT2D eigenvalue weighted by molar-refractivity contribution is 7.89. The van der Waals surface area contributed by atoms with Gasteiger partial charge in [0.05, 0.1) is 10.5 Å². The summed E-state index contributed by atoms with van der Waals surface area (Å²) in [6.45, 7) is 5.68. The first-order chi connectivity index (χ1) is 12.6. The maximum absolute atomic E-state index is 13.2. The molecule has 0 saturated carbocycles. The van der Waals surface area contributed by atoms with Crippen LogP contribution >= 0.6 is 0 Å². The topological polar surface area (TPSA) is 66.9 Å². The van der Waals surface area contributed by atoms with E-state index in [2.05, 4.69) is 0 Å².